The van der Waals surface area contributed by atoms with Crippen LogP contribution in [0, 0.1) is 0 Å². The smallest absolute Gasteiger partial charge is 0.316 e. The number of benzene rings is 2. The summed E-state index contributed by atoms with van der Waals surface area (Å²) in [6.45, 7) is -0.596. The molecule has 0 saturated heterocycles. The van der Waals surface area contributed by atoms with Gasteiger partial charge in [0, 0.05) is 0 Å². The number of thioether (sulfide) groups is 1. The summed E-state index contributed by atoms with van der Waals surface area (Å²) in [6, 6.07) is 12.1. The number of amides is 1. The van der Waals surface area contributed by atoms with Crippen molar-refractivity contribution < 1.29 is 22.7 Å². The summed E-state index contributed by atoms with van der Waals surface area (Å²) in [5, 5.41) is 10.5. The standard InChI is InChI=1S/C19H16Cl2N4O5S3/c1-30-16(27)11-31-19-24-23-18(32-19)22-15(26)10-25(14-9-5-8-13(20)17(14)21)33(28,29)12-6-3-2-4-7-12/h2-9H,10-11H2,1H3,(H,22,23,26). The molecular formula is C19H16Cl2N4O5S3. The number of carbonyl (C=O) groups excluding carboxylic acids is 2. The van der Waals surface area contributed by atoms with Crippen LogP contribution in [0.4, 0.5) is 10.8 Å². The van der Waals surface area contributed by atoms with E-state index in [4.69, 9.17) is 23.2 Å². The molecule has 0 unspecified atom stereocenters. The van der Waals surface area contributed by atoms with Crippen molar-refractivity contribution in [1.29, 1.82) is 0 Å². The second-order valence-corrected chi connectivity index (χ2v) is 11.0. The van der Waals surface area contributed by atoms with Crippen LogP contribution in [-0.4, -0.2) is 49.9 Å². The van der Waals surface area contributed by atoms with E-state index in [1.807, 2.05) is 0 Å². The minimum Gasteiger partial charge on any atom is -0.468 e. The summed E-state index contributed by atoms with van der Waals surface area (Å²) in [5.41, 5.74) is 0.0507. The molecule has 3 aromatic rings. The highest BCUT2D eigenvalue weighted by atomic mass is 35.5. The fourth-order valence-electron chi connectivity index (χ4n) is 2.49. The first-order valence-corrected chi connectivity index (χ1v) is 13.1. The highest BCUT2D eigenvalue weighted by Crippen LogP contribution is 2.35. The van der Waals surface area contributed by atoms with Gasteiger partial charge in [0.25, 0.3) is 10.0 Å². The lowest BCUT2D eigenvalue weighted by atomic mass is 10.3. The minimum absolute atomic E-state index is 0.0103. The number of nitrogens with zero attached hydrogens (tertiary/aromatic N) is 3. The zero-order chi connectivity index (χ0) is 24.0. The van der Waals surface area contributed by atoms with E-state index in [2.05, 4.69) is 20.3 Å². The van der Waals surface area contributed by atoms with E-state index in [0.717, 1.165) is 27.4 Å². The Hall–Kier alpha value is -2.38. The molecular weight excluding hydrogens is 531 g/mol. The highest BCUT2D eigenvalue weighted by molar-refractivity contribution is 8.01. The highest BCUT2D eigenvalue weighted by Gasteiger charge is 2.29. The second kappa shape index (κ2) is 11.2. The second-order valence-electron chi connectivity index (χ2n) is 6.18. The maximum Gasteiger partial charge on any atom is 0.316 e. The Morgan fingerprint density at radius 1 is 1.12 bits per heavy atom. The monoisotopic (exact) mass is 546 g/mol. The minimum atomic E-state index is -4.16. The van der Waals surface area contributed by atoms with Crippen LogP contribution >= 0.6 is 46.3 Å². The van der Waals surface area contributed by atoms with Crippen molar-refractivity contribution in [1.82, 2.24) is 10.2 Å². The van der Waals surface area contributed by atoms with E-state index in [0.29, 0.717) is 4.34 Å². The van der Waals surface area contributed by atoms with Gasteiger partial charge in [-0.3, -0.25) is 19.2 Å². The van der Waals surface area contributed by atoms with Crippen molar-refractivity contribution in [3.63, 3.8) is 0 Å². The molecule has 0 radical (unpaired) electrons. The fraction of sp³-hybridized carbons (Fsp3) is 0.158. The SMILES string of the molecule is COC(=O)CSc1nnc(NC(=O)CN(c2cccc(Cl)c2Cl)S(=O)(=O)c2ccccc2)s1. The number of rotatable bonds is 9. The predicted molar refractivity (Wildman–Crippen MR) is 129 cm³/mol. The number of hydrogen-bond acceptors (Lipinski definition) is 9. The van der Waals surface area contributed by atoms with Crippen LogP contribution in [0.2, 0.25) is 10.0 Å². The Labute approximate surface area is 208 Å². The number of halogens is 2. The van der Waals surface area contributed by atoms with Gasteiger partial charge >= 0.3 is 5.97 Å². The molecule has 33 heavy (non-hydrogen) atoms. The number of esters is 1. The lowest BCUT2D eigenvalue weighted by Gasteiger charge is -2.25. The Morgan fingerprint density at radius 3 is 2.55 bits per heavy atom. The number of sulfonamides is 1. The van der Waals surface area contributed by atoms with Gasteiger partial charge in [-0.05, 0) is 24.3 Å². The topological polar surface area (TPSA) is 119 Å². The van der Waals surface area contributed by atoms with Crippen LogP contribution in [0.3, 0.4) is 0 Å². The molecule has 0 aliphatic carbocycles. The molecule has 1 amide bonds. The van der Waals surface area contributed by atoms with Gasteiger partial charge in [-0.1, -0.05) is 70.6 Å². The lowest BCUT2D eigenvalue weighted by molar-refractivity contribution is -0.137. The molecule has 9 nitrogen and oxygen atoms in total. The van der Waals surface area contributed by atoms with Gasteiger partial charge in [0.15, 0.2) is 4.34 Å². The lowest BCUT2D eigenvalue weighted by Crippen LogP contribution is -2.38. The van der Waals surface area contributed by atoms with E-state index in [1.54, 1.807) is 18.2 Å². The molecule has 3 rings (SSSR count). The van der Waals surface area contributed by atoms with Crippen molar-refractivity contribution in [3.05, 3.63) is 58.6 Å². The number of methoxy groups -OCH3 is 1. The molecule has 0 aliphatic rings. The summed E-state index contributed by atoms with van der Waals surface area (Å²) >= 11 is 14.5. The third kappa shape index (κ3) is 6.36. The van der Waals surface area contributed by atoms with E-state index in [9.17, 15) is 18.0 Å². The number of anilines is 2. The number of aromatic nitrogens is 2. The molecule has 1 heterocycles. The average Bonchev–Trinajstić information content (AvgIpc) is 3.25. The average molecular weight is 547 g/mol. The predicted octanol–water partition coefficient (Wildman–Crippen LogP) is 3.94. The molecule has 1 aromatic heterocycles. The summed E-state index contributed by atoms with van der Waals surface area (Å²) < 4.78 is 32.5. The van der Waals surface area contributed by atoms with Gasteiger partial charge in [0.05, 0.1) is 33.5 Å². The number of carbonyl (C=O) groups is 2. The van der Waals surface area contributed by atoms with E-state index >= 15 is 0 Å². The molecule has 0 fully saturated rings. The van der Waals surface area contributed by atoms with Crippen LogP contribution in [0.25, 0.3) is 0 Å². The first kappa shape index (κ1) is 25.2. The third-order valence-corrected chi connectivity index (χ3v) is 8.54. The van der Waals surface area contributed by atoms with Gasteiger partial charge in [-0.2, -0.15) is 0 Å². The summed E-state index contributed by atoms with van der Waals surface area (Å²) in [5.74, 6) is -1.07. The number of ether oxygens (including phenoxy) is 1. The molecule has 174 valence electrons. The van der Waals surface area contributed by atoms with Crippen molar-refractivity contribution >= 4 is 79.0 Å². The van der Waals surface area contributed by atoms with Crippen LogP contribution < -0.4 is 9.62 Å². The fourth-order valence-corrected chi connectivity index (χ4v) is 5.99. The molecule has 1 N–H and O–H groups in total. The van der Waals surface area contributed by atoms with Gasteiger partial charge < -0.3 is 4.74 Å². The van der Waals surface area contributed by atoms with Crippen LogP contribution in [0.1, 0.15) is 0 Å². The van der Waals surface area contributed by atoms with Crippen molar-refractivity contribution in [2.75, 3.05) is 29.0 Å². The molecule has 0 spiro atoms. The molecule has 0 saturated carbocycles. The zero-order valence-electron chi connectivity index (χ0n) is 16.9. The van der Waals surface area contributed by atoms with Gasteiger partial charge in [-0.15, -0.1) is 10.2 Å². The molecule has 0 bridgehead atoms. The number of hydrogen-bond donors (Lipinski definition) is 1. The third-order valence-electron chi connectivity index (χ3n) is 4.01. The van der Waals surface area contributed by atoms with E-state index < -0.39 is 28.4 Å². The van der Waals surface area contributed by atoms with Crippen molar-refractivity contribution in [3.8, 4) is 0 Å². The summed E-state index contributed by atoms with van der Waals surface area (Å²) in [6.07, 6.45) is 0. The van der Waals surface area contributed by atoms with E-state index in [-0.39, 0.29) is 31.5 Å². The number of nitrogens with one attached hydrogen (secondary N) is 1. The maximum absolute atomic E-state index is 13.3. The quantitative estimate of drug-likeness (QED) is 0.243. The Balaban J connectivity index is 1.84. The molecule has 0 aliphatic heterocycles. The van der Waals surface area contributed by atoms with Crippen LogP contribution in [0.15, 0.2) is 57.8 Å². The first-order chi connectivity index (χ1) is 15.7. The van der Waals surface area contributed by atoms with Crippen molar-refractivity contribution in [2.24, 2.45) is 0 Å². The van der Waals surface area contributed by atoms with Gasteiger partial charge in [0.2, 0.25) is 11.0 Å². The Morgan fingerprint density at radius 2 is 1.85 bits per heavy atom. The summed E-state index contributed by atoms with van der Waals surface area (Å²) in [4.78, 5) is 24.0. The zero-order valence-corrected chi connectivity index (χ0v) is 20.9. The Bertz CT molecular complexity index is 1260. The summed E-state index contributed by atoms with van der Waals surface area (Å²) in [7, 11) is -2.88. The van der Waals surface area contributed by atoms with Crippen LogP contribution in [-0.2, 0) is 24.3 Å². The Kier molecular flexibility index (Phi) is 8.54. The largest absolute Gasteiger partial charge is 0.468 e. The van der Waals surface area contributed by atoms with Gasteiger partial charge in [0.1, 0.15) is 6.54 Å². The molecule has 14 heteroatoms. The first-order valence-electron chi connectivity index (χ1n) is 9.07. The van der Waals surface area contributed by atoms with E-state index in [1.165, 1.54) is 37.4 Å². The van der Waals surface area contributed by atoms with Crippen LogP contribution in [0.5, 0.6) is 0 Å². The van der Waals surface area contributed by atoms with Gasteiger partial charge in [-0.25, -0.2) is 8.42 Å². The normalized spacial score (nSPS) is 11.1. The van der Waals surface area contributed by atoms with Crippen molar-refractivity contribution in [2.45, 2.75) is 9.24 Å². The molecule has 0 atom stereocenters. The maximum atomic E-state index is 13.3. The molecule has 2 aromatic carbocycles.